The first kappa shape index (κ1) is 19.2. The molecule has 8 heteroatoms. The van der Waals surface area contributed by atoms with Gasteiger partial charge in [0.15, 0.2) is 11.5 Å². The van der Waals surface area contributed by atoms with Gasteiger partial charge in [-0.15, -0.1) is 0 Å². The van der Waals surface area contributed by atoms with E-state index >= 15 is 0 Å². The summed E-state index contributed by atoms with van der Waals surface area (Å²) in [4.78, 5) is 37.0. The number of amides is 3. The summed E-state index contributed by atoms with van der Waals surface area (Å²) in [6, 6.07) is 11.9. The monoisotopic (exact) mass is 383 g/mol. The second-order valence-corrected chi connectivity index (χ2v) is 6.22. The van der Waals surface area contributed by atoms with E-state index < -0.39 is 0 Å². The van der Waals surface area contributed by atoms with Crippen molar-refractivity contribution < 1.29 is 23.9 Å². The Labute approximate surface area is 162 Å². The lowest BCUT2D eigenvalue weighted by Crippen LogP contribution is -2.37. The van der Waals surface area contributed by atoms with Crippen molar-refractivity contribution in [3.05, 3.63) is 48.0 Å². The summed E-state index contributed by atoms with van der Waals surface area (Å²) in [7, 11) is 0. The van der Waals surface area contributed by atoms with E-state index in [1.807, 2.05) is 0 Å². The molecule has 0 unspecified atom stereocenters. The maximum Gasteiger partial charge on any atom is 0.251 e. The molecule has 1 heterocycles. The van der Waals surface area contributed by atoms with Gasteiger partial charge in [0.2, 0.25) is 18.6 Å². The summed E-state index contributed by atoms with van der Waals surface area (Å²) < 4.78 is 10.5. The van der Waals surface area contributed by atoms with Crippen molar-refractivity contribution in [2.45, 2.75) is 13.8 Å². The molecule has 0 saturated carbocycles. The van der Waals surface area contributed by atoms with Crippen LogP contribution in [0.4, 0.5) is 11.4 Å². The fourth-order valence-electron chi connectivity index (χ4n) is 2.82. The van der Waals surface area contributed by atoms with E-state index in [2.05, 4.69) is 10.6 Å². The highest BCUT2D eigenvalue weighted by atomic mass is 16.7. The van der Waals surface area contributed by atoms with Crippen molar-refractivity contribution in [3.8, 4) is 11.5 Å². The van der Waals surface area contributed by atoms with E-state index in [1.165, 1.54) is 13.8 Å². The Balaban J connectivity index is 1.58. The van der Waals surface area contributed by atoms with E-state index in [-0.39, 0.29) is 31.1 Å². The summed E-state index contributed by atoms with van der Waals surface area (Å²) in [5.74, 6) is 0.578. The molecule has 0 bridgehead atoms. The Bertz CT molecular complexity index is 895. The first-order valence-corrected chi connectivity index (χ1v) is 8.77. The molecule has 1 aliphatic heterocycles. The standard InChI is InChI=1S/C20H21N3O5/c1-13(24)22-16-4-6-17(7-5-16)23(14(2)25)10-9-21-20(26)15-3-8-18-19(11-15)28-12-27-18/h3-8,11H,9-10,12H2,1-2H3,(H,21,26)(H,22,24). The Kier molecular flexibility index (Phi) is 5.78. The van der Waals surface area contributed by atoms with Gasteiger partial charge in [0.05, 0.1) is 0 Å². The molecular formula is C20H21N3O5. The van der Waals surface area contributed by atoms with E-state index in [0.29, 0.717) is 35.0 Å². The minimum atomic E-state index is -0.261. The smallest absolute Gasteiger partial charge is 0.251 e. The van der Waals surface area contributed by atoms with Crippen LogP contribution in [0.15, 0.2) is 42.5 Å². The number of benzene rings is 2. The quantitative estimate of drug-likeness (QED) is 0.797. The molecule has 2 aromatic carbocycles. The summed E-state index contributed by atoms with van der Waals surface area (Å²) in [6.45, 7) is 3.63. The van der Waals surface area contributed by atoms with Gasteiger partial charge < -0.3 is 25.0 Å². The average Bonchev–Trinajstić information content (AvgIpc) is 3.13. The van der Waals surface area contributed by atoms with Crippen LogP contribution >= 0.6 is 0 Å². The topological polar surface area (TPSA) is 97.0 Å². The number of rotatable bonds is 6. The van der Waals surface area contributed by atoms with Crippen LogP contribution in [0.5, 0.6) is 11.5 Å². The molecule has 8 nitrogen and oxygen atoms in total. The van der Waals surface area contributed by atoms with Crippen LogP contribution in [0, 0.1) is 0 Å². The number of anilines is 2. The summed E-state index contributed by atoms with van der Waals surface area (Å²) in [5, 5.41) is 5.47. The normalized spacial score (nSPS) is 11.6. The van der Waals surface area contributed by atoms with Crippen LogP contribution in [0.3, 0.4) is 0 Å². The minimum Gasteiger partial charge on any atom is -0.454 e. The zero-order chi connectivity index (χ0) is 20.1. The van der Waals surface area contributed by atoms with E-state index in [4.69, 9.17) is 9.47 Å². The van der Waals surface area contributed by atoms with Crippen LogP contribution in [0.1, 0.15) is 24.2 Å². The lowest BCUT2D eigenvalue weighted by molar-refractivity contribution is -0.116. The third kappa shape index (κ3) is 4.59. The van der Waals surface area contributed by atoms with Crippen molar-refractivity contribution in [3.63, 3.8) is 0 Å². The van der Waals surface area contributed by atoms with Gasteiger partial charge >= 0.3 is 0 Å². The van der Waals surface area contributed by atoms with E-state index in [1.54, 1.807) is 47.4 Å². The molecule has 0 radical (unpaired) electrons. The number of nitrogens with zero attached hydrogens (tertiary/aromatic N) is 1. The molecule has 3 amide bonds. The molecule has 0 aliphatic carbocycles. The van der Waals surface area contributed by atoms with E-state index in [0.717, 1.165) is 0 Å². The van der Waals surface area contributed by atoms with Gasteiger partial charge in [0, 0.05) is 43.9 Å². The fourth-order valence-corrected chi connectivity index (χ4v) is 2.82. The number of fused-ring (bicyclic) bond motifs is 1. The molecule has 0 fully saturated rings. The van der Waals surface area contributed by atoms with Crippen molar-refractivity contribution in [2.75, 3.05) is 30.1 Å². The van der Waals surface area contributed by atoms with Gasteiger partial charge in [-0.25, -0.2) is 0 Å². The second-order valence-electron chi connectivity index (χ2n) is 6.22. The highest BCUT2D eigenvalue weighted by Crippen LogP contribution is 2.32. The third-order valence-electron chi connectivity index (χ3n) is 4.14. The molecule has 3 rings (SSSR count). The number of hydrogen-bond donors (Lipinski definition) is 2. The predicted octanol–water partition coefficient (Wildman–Crippen LogP) is 2.16. The highest BCUT2D eigenvalue weighted by molar-refractivity contribution is 5.95. The Morgan fingerprint density at radius 2 is 1.71 bits per heavy atom. The molecule has 0 spiro atoms. The van der Waals surface area contributed by atoms with Crippen LogP contribution in [0.2, 0.25) is 0 Å². The molecule has 2 aromatic rings. The molecule has 146 valence electrons. The zero-order valence-electron chi connectivity index (χ0n) is 15.7. The Hall–Kier alpha value is -3.55. The van der Waals surface area contributed by atoms with Gasteiger partial charge in [0.25, 0.3) is 5.91 Å². The van der Waals surface area contributed by atoms with Gasteiger partial charge in [-0.1, -0.05) is 0 Å². The first-order valence-electron chi connectivity index (χ1n) is 8.77. The van der Waals surface area contributed by atoms with Crippen molar-refractivity contribution in [2.24, 2.45) is 0 Å². The summed E-state index contributed by atoms with van der Waals surface area (Å²) >= 11 is 0. The van der Waals surface area contributed by atoms with Crippen LogP contribution in [-0.2, 0) is 9.59 Å². The highest BCUT2D eigenvalue weighted by Gasteiger charge is 2.17. The second kappa shape index (κ2) is 8.43. The van der Waals surface area contributed by atoms with Crippen molar-refractivity contribution >= 4 is 29.1 Å². The minimum absolute atomic E-state index is 0.148. The predicted molar refractivity (Wildman–Crippen MR) is 104 cm³/mol. The van der Waals surface area contributed by atoms with Gasteiger partial charge in [-0.2, -0.15) is 0 Å². The van der Waals surface area contributed by atoms with Crippen LogP contribution in [-0.4, -0.2) is 37.6 Å². The SMILES string of the molecule is CC(=O)Nc1ccc(N(CCNC(=O)c2ccc3c(c2)OCO3)C(C)=O)cc1. The summed E-state index contributed by atoms with van der Waals surface area (Å²) in [6.07, 6.45) is 0. The number of nitrogens with one attached hydrogen (secondary N) is 2. The molecule has 0 saturated heterocycles. The van der Waals surface area contributed by atoms with Crippen LogP contribution < -0.4 is 25.0 Å². The number of hydrogen-bond acceptors (Lipinski definition) is 5. The van der Waals surface area contributed by atoms with Crippen molar-refractivity contribution in [1.29, 1.82) is 0 Å². The molecule has 0 aromatic heterocycles. The van der Waals surface area contributed by atoms with Gasteiger partial charge in [-0.05, 0) is 42.5 Å². The third-order valence-corrected chi connectivity index (χ3v) is 4.14. The Morgan fingerprint density at radius 1 is 1.00 bits per heavy atom. The molecule has 1 aliphatic rings. The average molecular weight is 383 g/mol. The van der Waals surface area contributed by atoms with Crippen LogP contribution in [0.25, 0.3) is 0 Å². The van der Waals surface area contributed by atoms with Crippen molar-refractivity contribution in [1.82, 2.24) is 5.32 Å². The molecular weight excluding hydrogens is 362 g/mol. The molecule has 0 atom stereocenters. The molecule has 28 heavy (non-hydrogen) atoms. The lowest BCUT2D eigenvalue weighted by atomic mass is 10.2. The fraction of sp³-hybridized carbons (Fsp3) is 0.250. The first-order chi connectivity index (χ1) is 13.4. The lowest BCUT2D eigenvalue weighted by Gasteiger charge is -2.21. The van der Waals surface area contributed by atoms with E-state index in [9.17, 15) is 14.4 Å². The largest absolute Gasteiger partial charge is 0.454 e. The number of carbonyl (C=O) groups is 3. The Morgan fingerprint density at radius 3 is 2.39 bits per heavy atom. The maximum atomic E-state index is 12.3. The number of ether oxygens (including phenoxy) is 2. The summed E-state index contributed by atoms with van der Waals surface area (Å²) in [5.41, 5.74) is 1.79. The number of carbonyl (C=O) groups excluding carboxylic acids is 3. The molecule has 2 N–H and O–H groups in total. The zero-order valence-corrected chi connectivity index (χ0v) is 15.7. The van der Waals surface area contributed by atoms with Gasteiger partial charge in [-0.3, -0.25) is 14.4 Å². The van der Waals surface area contributed by atoms with Gasteiger partial charge in [0.1, 0.15) is 0 Å². The maximum absolute atomic E-state index is 12.3.